The van der Waals surface area contributed by atoms with Crippen LogP contribution in [0.2, 0.25) is 0 Å². The van der Waals surface area contributed by atoms with Crippen LogP contribution in [0, 0.1) is 5.41 Å². The predicted molar refractivity (Wildman–Crippen MR) is 91.7 cm³/mol. The first-order valence-corrected chi connectivity index (χ1v) is 8.15. The minimum Gasteiger partial charge on any atom is -0.349 e. The molecule has 6 heteroatoms. The maximum Gasteiger partial charge on any atom is 0.270 e. The van der Waals surface area contributed by atoms with E-state index in [0.717, 1.165) is 17.6 Å². The van der Waals surface area contributed by atoms with Crippen molar-refractivity contribution < 1.29 is 4.79 Å². The van der Waals surface area contributed by atoms with E-state index in [1.54, 1.807) is 6.20 Å². The summed E-state index contributed by atoms with van der Waals surface area (Å²) in [6, 6.07) is 5.64. The Balaban J connectivity index is 1.61. The number of hydrogen-bond donors (Lipinski definition) is 1. The number of fused-ring (bicyclic) bond motifs is 1. The third-order valence-electron chi connectivity index (χ3n) is 4.98. The topological polar surface area (TPSA) is 66.8 Å². The molecule has 4 heterocycles. The van der Waals surface area contributed by atoms with Gasteiger partial charge in [0.15, 0.2) is 0 Å². The fraction of sp³-hybridized carbons (Fsp3) is 0.389. The number of carbonyl (C=O) groups excluding carboxylic acids is 1. The van der Waals surface area contributed by atoms with Crippen LogP contribution in [0.25, 0.3) is 11.0 Å². The highest BCUT2D eigenvalue weighted by Gasteiger charge is 2.42. The fourth-order valence-electron chi connectivity index (χ4n) is 3.71. The van der Waals surface area contributed by atoms with Crippen molar-refractivity contribution >= 4 is 16.9 Å². The molecular formula is C18H21N5O. The summed E-state index contributed by atoms with van der Waals surface area (Å²) < 4.78 is 1.82. The molecule has 1 aliphatic rings. The number of aryl methyl sites for hydroxylation is 1. The summed E-state index contributed by atoms with van der Waals surface area (Å²) in [7, 11) is 1.92. The molecule has 3 aromatic rings. The van der Waals surface area contributed by atoms with Crippen molar-refractivity contribution in [3.05, 3.63) is 48.0 Å². The van der Waals surface area contributed by atoms with E-state index in [1.165, 1.54) is 5.56 Å². The molecule has 0 spiro atoms. The van der Waals surface area contributed by atoms with Crippen LogP contribution in [0.3, 0.4) is 0 Å². The van der Waals surface area contributed by atoms with Gasteiger partial charge >= 0.3 is 0 Å². The Labute approximate surface area is 140 Å². The average Bonchev–Trinajstić information content (AvgIpc) is 3.22. The average molecular weight is 323 g/mol. The van der Waals surface area contributed by atoms with Crippen molar-refractivity contribution in [3.8, 4) is 0 Å². The van der Waals surface area contributed by atoms with Gasteiger partial charge in [0.2, 0.25) is 0 Å². The first-order valence-electron chi connectivity index (χ1n) is 8.15. The zero-order chi connectivity index (χ0) is 16.9. The van der Waals surface area contributed by atoms with E-state index < -0.39 is 0 Å². The third kappa shape index (κ3) is 2.38. The second-order valence-electron chi connectivity index (χ2n) is 7.29. The van der Waals surface area contributed by atoms with Gasteiger partial charge in [0.1, 0.15) is 5.69 Å². The van der Waals surface area contributed by atoms with Gasteiger partial charge in [-0.15, -0.1) is 0 Å². The van der Waals surface area contributed by atoms with Crippen molar-refractivity contribution in [2.24, 2.45) is 12.5 Å². The number of carbonyl (C=O) groups is 1. The van der Waals surface area contributed by atoms with E-state index in [9.17, 15) is 4.79 Å². The summed E-state index contributed by atoms with van der Waals surface area (Å²) >= 11 is 0. The zero-order valence-electron chi connectivity index (χ0n) is 14.2. The quantitative estimate of drug-likeness (QED) is 0.788. The van der Waals surface area contributed by atoms with Gasteiger partial charge < -0.3 is 9.88 Å². The van der Waals surface area contributed by atoms with Gasteiger partial charge in [-0.05, 0) is 29.2 Å². The van der Waals surface area contributed by atoms with Gasteiger partial charge in [-0.2, -0.15) is 5.10 Å². The monoisotopic (exact) mass is 323 g/mol. The van der Waals surface area contributed by atoms with Gasteiger partial charge in [-0.3, -0.25) is 14.5 Å². The van der Waals surface area contributed by atoms with E-state index in [0.29, 0.717) is 12.2 Å². The molecule has 1 aliphatic heterocycles. The number of H-pyrrole nitrogens is 1. The smallest absolute Gasteiger partial charge is 0.270 e. The number of hydrogen-bond acceptors (Lipinski definition) is 3. The molecule has 1 amide bonds. The number of rotatable bonds is 2. The highest BCUT2D eigenvalue weighted by atomic mass is 16.2. The standard InChI is InChI=1S/C18H21N5O/c1-18(2)11-23(10-13(18)12-8-20-22(3)9-12)17(24)16-7-15-14(21-16)5-4-6-19-15/h4-9,13,21H,10-11H2,1-3H3. The molecule has 0 radical (unpaired) electrons. The van der Waals surface area contributed by atoms with Crippen LogP contribution in [-0.4, -0.2) is 43.6 Å². The number of pyridine rings is 1. The number of likely N-dealkylation sites (tertiary alicyclic amines) is 1. The minimum atomic E-state index is 0.0168. The molecule has 1 unspecified atom stereocenters. The lowest BCUT2D eigenvalue weighted by molar-refractivity contribution is 0.0773. The summed E-state index contributed by atoms with van der Waals surface area (Å²) in [4.78, 5) is 22.3. The van der Waals surface area contributed by atoms with Crippen molar-refractivity contribution in [1.29, 1.82) is 0 Å². The van der Waals surface area contributed by atoms with Gasteiger partial charge in [0, 0.05) is 38.4 Å². The molecular weight excluding hydrogens is 302 g/mol. The number of aromatic nitrogens is 4. The molecule has 1 N–H and O–H groups in total. The van der Waals surface area contributed by atoms with Crippen LogP contribution in [0.15, 0.2) is 36.8 Å². The predicted octanol–water partition coefficient (Wildman–Crippen LogP) is 2.56. The van der Waals surface area contributed by atoms with E-state index in [2.05, 4.69) is 28.9 Å². The highest BCUT2D eigenvalue weighted by molar-refractivity contribution is 5.97. The third-order valence-corrected chi connectivity index (χ3v) is 4.98. The van der Waals surface area contributed by atoms with E-state index >= 15 is 0 Å². The second-order valence-corrected chi connectivity index (χ2v) is 7.29. The van der Waals surface area contributed by atoms with Crippen molar-refractivity contribution in [2.75, 3.05) is 13.1 Å². The fourth-order valence-corrected chi connectivity index (χ4v) is 3.71. The molecule has 0 bridgehead atoms. The number of nitrogens with one attached hydrogen (secondary N) is 1. The SMILES string of the molecule is Cn1cc(C2CN(C(=O)c3cc4ncccc4[nH]3)CC2(C)C)cn1. The van der Waals surface area contributed by atoms with Crippen LogP contribution in [0.4, 0.5) is 0 Å². The Morgan fingerprint density at radius 2 is 2.25 bits per heavy atom. The summed E-state index contributed by atoms with van der Waals surface area (Å²) in [6.45, 7) is 5.87. The maximum absolute atomic E-state index is 12.9. The molecule has 24 heavy (non-hydrogen) atoms. The lowest BCUT2D eigenvalue weighted by Gasteiger charge is -2.24. The van der Waals surface area contributed by atoms with Crippen LogP contribution in [0.5, 0.6) is 0 Å². The normalized spacial score (nSPS) is 20.0. The lowest BCUT2D eigenvalue weighted by atomic mass is 9.79. The van der Waals surface area contributed by atoms with Crippen LogP contribution >= 0.6 is 0 Å². The molecule has 3 aromatic heterocycles. The first kappa shape index (κ1) is 14.9. The number of aromatic amines is 1. The Morgan fingerprint density at radius 1 is 1.42 bits per heavy atom. The minimum absolute atomic E-state index is 0.0168. The van der Waals surface area contributed by atoms with Gasteiger partial charge in [-0.1, -0.05) is 13.8 Å². The zero-order valence-corrected chi connectivity index (χ0v) is 14.2. The van der Waals surface area contributed by atoms with Gasteiger partial charge in [-0.25, -0.2) is 0 Å². The molecule has 0 aromatic carbocycles. The lowest BCUT2D eigenvalue weighted by Crippen LogP contribution is -2.30. The molecule has 4 rings (SSSR count). The van der Waals surface area contributed by atoms with Crippen molar-refractivity contribution in [2.45, 2.75) is 19.8 Å². The molecule has 0 saturated carbocycles. The molecule has 6 nitrogen and oxygen atoms in total. The van der Waals surface area contributed by atoms with E-state index in [-0.39, 0.29) is 17.2 Å². The summed E-state index contributed by atoms with van der Waals surface area (Å²) in [5.74, 6) is 0.324. The van der Waals surface area contributed by atoms with Gasteiger partial charge in [0.05, 0.1) is 17.2 Å². The summed E-state index contributed by atoms with van der Waals surface area (Å²) in [6.07, 6.45) is 5.70. The van der Waals surface area contributed by atoms with Crippen LogP contribution in [0.1, 0.15) is 35.8 Å². The Morgan fingerprint density at radius 3 is 2.96 bits per heavy atom. The Hall–Kier alpha value is -2.63. The van der Waals surface area contributed by atoms with Crippen LogP contribution < -0.4 is 0 Å². The highest BCUT2D eigenvalue weighted by Crippen LogP contribution is 2.42. The summed E-state index contributed by atoms with van der Waals surface area (Å²) in [5.41, 5.74) is 3.52. The maximum atomic E-state index is 12.9. The Kier molecular flexibility index (Phi) is 3.23. The van der Waals surface area contributed by atoms with E-state index in [1.807, 2.05) is 47.2 Å². The molecule has 0 aliphatic carbocycles. The molecule has 1 fully saturated rings. The number of nitrogens with zero attached hydrogens (tertiary/aromatic N) is 4. The summed E-state index contributed by atoms with van der Waals surface area (Å²) in [5, 5.41) is 4.28. The Bertz CT molecular complexity index is 874. The van der Waals surface area contributed by atoms with Crippen LogP contribution in [-0.2, 0) is 7.05 Å². The van der Waals surface area contributed by atoms with Crippen molar-refractivity contribution in [1.82, 2.24) is 24.6 Å². The first-order chi connectivity index (χ1) is 11.4. The molecule has 1 saturated heterocycles. The number of amides is 1. The van der Waals surface area contributed by atoms with E-state index in [4.69, 9.17) is 0 Å². The van der Waals surface area contributed by atoms with Gasteiger partial charge in [0.25, 0.3) is 5.91 Å². The second kappa shape index (κ2) is 5.19. The molecule has 1 atom stereocenters. The molecule has 124 valence electrons. The van der Waals surface area contributed by atoms with Crippen molar-refractivity contribution in [3.63, 3.8) is 0 Å². The largest absolute Gasteiger partial charge is 0.349 e.